The summed E-state index contributed by atoms with van der Waals surface area (Å²) in [6, 6.07) is 8.29. The zero-order valence-electron chi connectivity index (χ0n) is 35.8. The molecule has 0 fully saturated rings. The number of unbranched alkanes of at least 4 members (excludes halogenated alkanes) is 38. The van der Waals surface area contributed by atoms with E-state index in [2.05, 4.69) is 38.1 Å². The molecule has 0 aliphatic rings. The van der Waals surface area contributed by atoms with Gasteiger partial charge < -0.3 is 9.47 Å². The summed E-state index contributed by atoms with van der Waals surface area (Å²) in [5.41, 5.74) is 0. The molecule has 52 heavy (non-hydrogen) atoms. The summed E-state index contributed by atoms with van der Waals surface area (Å²) < 4.78 is 12.1. The first-order valence-corrected chi connectivity index (χ1v) is 24.2. The molecule has 0 heterocycles. The first kappa shape index (κ1) is 48.8. The van der Waals surface area contributed by atoms with Crippen LogP contribution < -0.4 is 9.47 Å². The second kappa shape index (κ2) is 42.6. The molecule has 0 atom stereocenters. The molecule has 306 valence electrons. The Bertz CT molecular complexity index is 729. The van der Waals surface area contributed by atoms with Gasteiger partial charge in [0.05, 0.1) is 13.2 Å². The molecule has 0 unspecified atom stereocenters. The Labute approximate surface area is 328 Å². The van der Waals surface area contributed by atoms with Crippen molar-refractivity contribution in [2.24, 2.45) is 0 Å². The van der Waals surface area contributed by atoms with E-state index in [0.29, 0.717) is 0 Å². The summed E-state index contributed by atoms with van der Waals surface area (Å²) in [6.45, 7) is 6.25. The van der Waals surface area contributed by atoms with Crippen LogP contribution in [0.4, 0.5) is 0 Å². The summed E-state index contributed by atoms with van der Waals surface area (Å²) >= 11 is 0. The quantitative estimate of drug-likeness (QED) is 0.0623. The minimum absolute atomic E-state index is 0.821. The third-order valence-corrected chi connectivity index (χ3v) is 11.3. The van der Waals surface area contributed by atoms with Crippen LogP contribution in [-0.2, 0) is 0 Å². The molecule has 2 nitrogen and oxygen atoms in total. The molecule has 0 saturated heterocycles. The van der Waals surface area contributed by atoms with Gasteiger partial charge in [0, 0.05) is 6.07 Å². The van der Waals surface area contributed by atoms with Crippen molar-refractivity contribution in [2.75, 3.05) is 13.2 Å². The van der Waals surface area contributed by atoms with E-state index in [1.54, 1.807) is 0 Å². The highest BCUT2D eigenvalue weighted by molar-refractivity contribution is 5.32. The summed E-state index contributed by atoms with van der Waals surface area (Å²) in [5.74, 6) is 1.91. The molecule has 1 rings (SSSR count). The number of hydrogen-bond donors (Lipinski definition) is 0. The molecule has 0 aliphatic carbocycles. The molecule has 0 amide bonds. The maximum atomic E-state index is 6.05. The Morgan fingerprint density at radius 2 is 0.462 bits per heavy atom. The maximum absolute atomic E-state index is 6.05. The number of rotatable bonds is 44. The molecule has 2 heteroatoms. The molecule has 0 aromatic heterocycles. The molecule has 0 saturated carbocycles. The van der Waals surface area contributed by atoms with Gasteiger partial charge in [0.25, 0.3) is 0 Å². The minimum atomic E-state index is 0.821. The van der Waals surface area contributed by atoms with Crippen LogP contribution in [-0.4, -0.2) is 13.2 Å². The summed E-state index contributed by atoms with van der Waals surface area (Å²) in [5, 5.41) is 0. The Morgan fingerprint density at radius 1 is 0.269 bits per heavy atom. The van der Waals surface area contributed by atoms with E-state index in [1.807, 2.05) is 0 Å². The molecule has 0 N–H and O–H groups in total. The van der Waals surface area contributed by atoms with Crippen molar-refractivity contribution < 1.29 is 9.47 Å². The van der Waals surface area contributed by atoms with Crippen molar-refractivity contribution >= 4 is 0 Å². The van der Waals surface area contributed by atoms with Crippen molar-refractivity contribution in [1.82, 2.24) is 0 Å². The second-order valence-electron chi connectivity index (χ2n) is 16.6. The van der Waals surface area contributed by atoms with Crippen molar-refractivity contribution in [1.29, 1.82) is 0 Å². The van der Waals surface area contributed by atoms with Gasteiger partial charge in [-0.1, -0.05) is 264 Å². The molecule has 0 aliphatic heterocycles. The van der Waals surface area contributed by atoms with E-state index < -0.39 is 0 Å². The second-order valence-corrected chi connectivity index (χ2v) is 16.6. The van der Waals surface area contributed by atoms with Gasteiger partial charge in [-0.05, 0) is 25.0 Å². The number of ether oxygens (including phenoxy) is 2. The highest BCUT2D eigenvalue weighted by atomic mass is 16.5. The monoisotopic (exact) mass is 727 g/mol. The molecular weight excluding hydrogens is 633 g/mol. The molecule has 0 spiro atoms. The van der Waals surface area contributed by atoms with E-state index in [9.17, 15) is 0 Å². The highest BCUT2D eigenvalue weighted by Gasteiger charge is 2.01. The Morgan fingerprint density at radius 3 is 0.673 bits per heavy atom. The summed E-state index contributed by atoms with van der Waals surface area (Å²) in [7, 11) is 0. The molecule has 0 radical (unpaired) electrons. The van der Waals surface area contributed by atoms with E-state index in [0.717, 1.165) is 37.6 Å². The normalized spacial score (nSPS) is 11.4. The third-order valence-electron chi connectivity index (χ3n) is 11.3. The third kappa shape index (κ3) is 37.1. The SMILES string of the molecule is CCCCCCCCCCCCCCCCCCCCCCOc1cccc(OCCCCCCCCCCCCCCCCCCCCCC)c1. The van der Waals surface area contributed by atoms with Crippen molar-refractivity contribution in [3.63, 3.8) is 0 Å². The van der Waals surface area contributed by atoms with Gasteiger partial charge in [0.2, 0.25) is 0 Å². The molecule has 0 bridgehead atoms. The minimum Gasteiger partial charge on any atom is -0.493 e. The lowest BCUT2D eigenvalue weighted by Crippen LogP contribution is -2.00. The maximum Gasteiger partial charge on any atom is 0.122 e. The summed E-state index contributed by atoms with van der Waals surface area (Å²) in [6.07, 6.45) is 56.8. The van der Waals surface area contributed by atoms with Crippen molar-refractivity contribution in [3.8, 4) is 11.5 Å². The Kier molecular flexibility index (Phi) is 40.0. The highest BCUT2D eigenvalue weighted by Crippen LogP contribution is 2.21. The smallest absolute Gasteiger partial charge is 0.122 e. The van der Waals surface area contributed by atoms with Crippen LogP contribution in [0.3, 0.4) is 0 Å². The van der Waals surface area contributed by atoms with Crippen LogP contribution in [0.1, 0.15) is 271 Å². The number of benzene rings is 1. The van der Waals surface area contributed by atoms with Crippen LogP contribution in [0.15, 0.2) is 24.3 Å². The Balaban J connectivity index is 1.79. The van der Waals surface area contributed by atoms with E-state index in [4.69, 9.17) is 9.47 Å². The van der Waals surface area contributed by atoms with E-state index >= 15 is 0 Å². The fourth-order valence-electron chi connectivity index (χ4n) is 7.75. The fraction of sp³-hybridized carbons (Fsp3) is 0.880. The first-order valence-electron chi connectivity index (χ1n) is 24.2. The topological polar surface area (TPSA) is 18.5 Å². The van der Waals surface area contributed by atoms with Gasteiger partial charge in [-0.2, -0.15) is 0 Å². The summed E-state index contributed by atoms with van der Waals surface area (Å²) in [4.78, 5) is 0. The standard InChI is InChI=1S/C50H94O2/c1-3-5-7-9-11-13-15-17-19-21-23-25-27-29-31-33-35-37-39-41-46-51-49-44-43-45-50(48-49)52-47-42-40-38-36-34-32-30-28-26-24-22-20-18-16-14-12-10-8-6-4-2/h43-45,48H,3-42,46-47H2,1-2H3. The number of hydrogen-bond acceptors (Lipinski definition) is 2. The lowest BCUT2D eigenvalue weighted by molar-refractivity contribution is 0.289. The van der Waals surface area contributed by atoms with E-state index in [1.165, 1.54) is 244 Å². The predicted molar refractivity (Wildman–Crippen MR) is 233 cm³/mol. The largest absolute Gasteiger partial charge is 0.493 e. The predicted octanol–water partition coefficient (Wildman–Crippen LogP) is 18.1. The van der Waals surface area contributed by atoms with E-state index in [-0.39, 0.29) is 0 Å². The van der Waals surface area contributed by atoms with Crippen LogP contribution in [0.25, 0.3) is 0 Å². The van der Waals surface area contributed by atoms with Gasteiger partial charge in [-0.3, -0.25) is 0 Å². The lowest BCUT2D eigenvalue weighted by atomic mass is 10.0. The Hall–Kier alpha value is -1.18. The van der Waals surface area contributed by atoms with Crippen LogP contribution in [0.5, 0.6) is 11.5 Å². The van der Waals surface area contributed by atoms with Gasteiger partial charge in [0.1, 0.15) is 11.5 Å². The van der Waals surface area contributed by atoms with Crippen molar-refractivity contribution in [2.45, 2.75) is 271 Å². The van der Waals surface area contributed by atoms with Crippen molar-refractivity contribution in [3.05, 3.63) is 24.3 Å². The van der Waals surface area contributed by atoms with Crippen LogP contribution >= 0.6 is 0 Å². The van der Waals surface area contributed by atoms with Gasteiger partial charge >= 0.3 is 0 Å². The fourth-order valence-corrected chi connectivity index (χ4v) is 7.75. The van der Waals surface area contributed by atoms with Gasteiger partial charge in [-0.15, -0.1) is 0 Å². The zero-order valence-corrected chi connectivity index (χ0v) is 35.8. The van der Waals surface area contributed by atoms with Crippen LogP contribution in [0.2, 0.25) is 0 Å². The molecule has 1 aromatic rings. The van der Waals surface area contributed by atoms with Gasteiger partial charge in [-0.25, -0.2) is 0 Å². The lowest BCUT2D eigenvalue weighted by Gasteiger charge is -2.10. The van der Waals surface area contributed by atoms with Gasteiger partial charge in [0.15, 0.2) is 0 Å². The zero-order chi connectivity index (χ0) is 37.1. The van der Waals surface area contributed by atoms with Crippen LogP contribution in [0, 0.1) is 0 Å². The molecule has 1 aromatic carbocycles. The first-order chi connectivity index (χ1) is 25.9. The molecular formula is C50H94O2. The average Bonchev–Trinajstić information content (AvgIpc) is 3.16. The average molecular weight is 727 g/mol.